The molecule has 1 aromatic rings. The van der Waals surface area contributed by atoms with Crippen LogP contribution in [0.1, 0.15) is 19.3 Å². The van der Waals surface area contributed by atoms with E-state index >= 15 is 0 Å². The van der Waals surface area contributed by atoms with Gasteiger partial charge in [-0.15, -0.1) is 0 Å². The second-order valence-electron chi connectivity index (χ2n) is 5.26. The van der Waals surface area contributed by atoms with Crippen LogP contribution in [0.4, 0.5) is 0 Å². The molecule has 0 amide bonds. The molecule has 10 heteroatoms. The Kier molecular flexibility index (Phi) is 8.37. The minimum atomic E-state index is -4.10. The molecule has 0 atom stereocenters. The largest absolute Gasteiger partial charge is 0.748 e. The Balaban J connectivity index is 2.33. The molecule has 1 heterocycles. The van der Waals surface area contributed by atoms with Crippen molar-refractivity contribution in [3.8, 4) is 0 Å². The predicted molar refractivity (Wildman–Crippen MR) is 84.6 cm³/mol. The van der Waals surface area contributed by atoms with Gasteiger partial charge in [-0.05, 0) is 19.3 Å². The summed E-state index contributed by atoms with van der Waals surface area (Å²) in [5, 5.41) is 0. The minimum Gasteiger partial charge on any atom is -0.748 e. The number of aryl methyl sites for hydroxylation is 2. The molecule has 0 aliphatic carbocycles. The van der Waals surface area contributed by atoms with Crippen LogP contribution in [0.5, 0.6) is 0 Å². The fourth-order valence-electron chi connectivity index (χ4n) is 2.31. The summed E-state index contributed by atoms with van der Waals surface area (Å²) in [6.45, 7) is 1.50. The van der Waals surface area contributed by atoms with Crippen molar-refractivity contribution in [1.82, 2.24) is 4.57 Å². The first-order chi connectivity index (χ1) is 10.8. The van der Waals surface area contributed by atoms with E-state index in [0.717, 1.165) is 19.0 Å². The third-order valence-corrected chi connectivity index (χ3v) is 7.26. The average molecular weight is 367 g/mol. The van der Waals surface area contributed by atoms with Gasteiger partial charge in [-0.1, -0.05) is 0 Å². The quantitative estimate of drug-likeness (QED) is 0.230. The molecule has 0 unspecified atom stereocenters. The lowest BCUT2D eigenvalue weighted by molar-refractivity contribution is -0.696. The Hall–Kier alpha value is -0.783. The molecule has 8 nitrogen and oxygen atoms in total. The molecular weight excluding hydrogens is 340 g/mol. The Morgan fingerprint density at radius 3 is 2.35 bits per heavy atom. The van der Waals surface area contributed by atoms with Gasteiger partial charge in [0, 0.05) is 33.1 Å². The average Bonchev–Trinajstić information content (AvgIpc) is 2.96. The van der Waals surface area contributed by atoms with Crippen LogP contribution in [0.2, 0.25) is 6.04 Å². The van der Waals surface area contributed by atoms with Crippen molar-refractivity contribution >= 4 is 18.9 Å². The normalized spacial score (nSPS) is 12.7. The second kappa shape index (κ2) is 9.50. The predicted octanol–water partition coefficient (Wildman–Crippen LogP) is 0.369. The maximum absolute atomic E-state index is 10.5. The van der Waals surface area contributed by atoms with Crippen LogP contribution >= 0.6 is 0 Å². The van der Waals surface area contributed by atoms with E-state index in [1.54, 1.807) is 21.3 Å². The summed E-state index contributed by atoms with van der Waals surface area (Å²) >= 11 is 0. The number of hydrogen-bond donors (Lipinski definition) is 0. The van der Waals surface area contributed by atoms with Crippen LogP contribution in [0, 0.1) is 0 Å². The Bertz CT molecular complexity index is 550. The van der Waals surface area contributed by atoms with Crippen molar-refractivity contribution in [1.29, 1.82) is 0 Å². The highest BCUT2D eigenvalue weighted by Crippen LogP contribution is 2.14. The summed E-state index contributed by atoms with van der Waals surface area (Å²) in [5.74, 6) is -0.300. The first-order valence-electron chi connectivity index (χ1n) is 7.48. The smallest absolute Gasteiger partial charge is 0.500 e. The fourth-order valence-corrected chi connectivity index (χ4v) is 4.57. The number of rotatable bonds is 12. The van der Waals surface area contributed by atoms with E-state index in [-0.39, 0.29) is 5.75 Å². The Labute approximate surface area is 139 Å². The third kappa shape index (κ3) is 7.55. The van der Waals surface area contributed by atoms with Gasteiger partial charge >= 0.3 is 8.80 Å². The van der Waals surface area contributed by atoms with Gasteiger partial charge in [0.15, 0.2) is 0 Å². The van der Waals surface area contributed by atoms with Crippen molar-refractivity contribution in [2.45, 2.75) is 38.4 Å². The van der Waals surface area contributed by atoms with Crippen molar-refractivity contribution in [2.24, 2.45) is 0 Å². The van der Waals surface area contributed by atoms with E-state index < -0.39 is 18.9 Å². The maximum Gasteiger partial charge on any atom is 0.500 e. The molecule has 0 N–H and O–H groups in total. The van der Waals surface area contributed by atoms with Gasteiger partial charge in [-0.25, -0.2) is 17.6 Å². The molecule has 0 fully saturated rings. The summed E-state index contributed by atoms with van der Waals surface area (Å²) in [6, 6.07) is 0.732. The fraction of sp³-hybridized carbons (Fsp3) is 0.769. The summed E-state index contributed by atoms with van der Waals surface area (Å²) < 4.78 is 51.7. The molecule has 23 heavy (non-hydrogen) atoms. The van der Waals surface area contributed by atoms with Crippen molar-refractivity contribution in [2.75, 3.05) is 27.1 Å². The lowest BCUT2D eigenvalue weighted by Crippen LogP contribution is -2.43. The number of imidazole rings is 1. The minimum absolute atomic E-state index is 0.300. The summed E-state index contributed by atoms with van der Waals surface area (Å²) in [6.07, 6.45) is 7.75. The van der Waals surface area contributed by atoms with Gasteiger partial charge < -0.3 is 17.8 Å². The summed E-state index contributed by atoms with van der Waals surface area (Å²) in [7, 11) is -1.81. The van der Waals surface area contributed by atoms with Crippen LogP contribution in [-0.2, 0) is 36.5 Å². The van der Waals surface area contributed by atoms with Crippen LogP contribution in [0.25, 0.3) is 0 Å². The van der Waals surface area contributed by atoms with Crippen LogP contribution in [0.3, 0.4) is 0 Å². The molecule has 1 aromatic heterocycles. The molecule has 0 aliphatic rings. The van der Waals surface area contributed by atoms with Crippen LogP contribution in [0.15, 0.2) is 18.7 Å². The molecule has 1 rings (SSSR count). The highest BCUT2D eigenvalue weighted by molar-refractivity contribution is 7.85. The number of aromatic nitrogens is 2. The van der Waals surface area contributed by atoms with E-state index in [0.29, 0.717) is 19.4 Å². The van der Waals surface area contributed by atoms with E-state index in [4.69, 9.17) is 13.3 Å². The Morgan fingerprint density at radius 2 is 1.78 bits per heavy atom. The zero-order chi connectivity index (χ0) is 17.3. The lowest BCUT2D eigenvalue weighted by Gasteiger charge is -2.23. The SMILES string of the molecule is CO[Si](CCC[n+]1ccn(CCCCS(=O)(=O)[O-])c1)(OC)OC. The molecule has 0 bridgehead atoms. The number of hydrogen-bond acceptors (Lipinski definition) is 6. The number of nitrogens with zero attached hydrogens (tertiary/aromatic N) is 2. The standard InChI is InChI=1S/C13H26N2O6SSi/c1-19-23(20-2,21-3)12-6-8-15-10-9-14(13-15)7-4-5-11-22(16,17)18/h9-10,13H,4-8,11-12H2,1-3H3. The second-order valence-corrected chi connectivity index (χ2v) is 9.87. The molecular formula is C13H26N2O6SSi. The maximum atomic E-state index is 10.5. The zero-order valence-electron chi connectivity index (χ0n) is 13.9. The van der Waals surface area contributed by atoms with Crippen molar-refractivity contribution in [3.05, 3.63) is 18.7 Å². The summed E-state index contributed by atoms with van der Waals surface area (Å²) in [4.78, 5) is 0. The first-order valence-corrected chi connectivity index (χ1v) is 11.0. The van der Waals surface area contributed by atoms with Gasteiger partial charge in [-0.2, -0.15) is 0 Å². The monoisotopic (exact) mass is 366 g/mol. The first kappa shape index (κ1) is 20.3. The highest BCUT2D eigenvalue weighted by atomic mass is 32.2. The molecule has 0 saturated carbocycles. The zero-order valence-corrected chi connectivity index (χ0v) is 15.8. The van der Waals surface area contributed by atoms with E-state index in [1.165, 1.54) is 0 Å². The molecule has 0 aromatic carbocycles. The molecule has 134 valence electrons. The van der Waals surface area contributed by atoms with E-state index in [2.05, 4.69) is 0 Å². The van der Waals surface area contributed by atoms with Gasteiger partial charge in [0.05, 0.1) is 23.2 Å². The van der Waals surface area contributed by atoms with Crippen LogP contribution in [-0.4, -0.2) is 53.4 Å². The van der Waals surface area contributed by atoms with E-state index in [1.807, 2.05) is 27.9 Å². The molecule has 0 spiro atoms. The lowest BCUT2D eigenvalue weighted by atomic mass is 10.3. The topological polar surface area (TPSA) is 93.7 Å². The van der Waals surface area contributed by atoms with Gasteiger partial charge in [0.2, 0.25) is 6.33 Å². The van der Waals surface area contributed by atoms with Gasteiger partial charge in [0.1, 0.15) is 12.4 Å². The molecule has 0 aliphatic heterocycles. The van der Waals surface area contributed by atoms with Crippen molar-refractivity contribution < 1.29 is 30.8 Å². The third-order valence-electron chi connectivity index (χ3n) is 3.64. The van der Waals surface area contributed by atoms with Crippen molar-refractivity contribution in [3.63, 3.8) is 0 Å². The summed E-state index contributed by atoms with van der Waals surface area (Å²) in [5.41, 5.74) is 0. The van der Waals surface area contributed by atoms with Gasteiger partial charge in [0.25, 0.3) is 0 Å². The Morgan fingerprint density at radius 1 is 1.13 bits per heavy atom. The molecule has 0 saturated heterocycles. The van der Waals surface area contributed by atoms with E-state index in [9.17, 15) is 13.0 Å². The highest BCUT2D eigenvalue weighted by Gasteiger charge is 2.37. The van der Waals surface area contributed by atoms with Gasteiger partial charge in [-0.3, -0.25) is 0 Å². The van der Waals surface area contributed by atoms with Crippen LogP contribution < -0.4 is 4.57 Å². The number of unbranched alkanes of at least 4 members (excludes halogenated alkanes) is 1. The molecule has 0 radical (unpaired) electrons.